The van der Waals surface area contributed by atoms with Gasteiger partial charge in [0.2, 0.25) is 12.0 Å². The predicted octanol–water partition coefficient (Wildman–Crippen LogP) is 3.94. The van der Waals surface area contributed by atoms with E-state index in [4.69, 9.17) is 39.6 Å². The summed E-state index contributed by atoms with van der Waals surface area (Å²) in [6, 6.07) is 11.4. The van der Waals surface area contributed by atoms with E-state index in [0.29, 0.717) is 21.3 Å². The first-order chi connectivity index (χ1) is 12.0. The van der Waals surface area contributed by atoms with E-state index in [1.807, 2.05) is 0 Å². The van der Waals surface area contributed by atoms with E-state index >= 15 is 0 Å². The normalized spacial score (nSPS) is 22.0. The van der Waals surface area contributed by atoms with Gasteiger partial charge in [-0.05, 0) is 30.3 Å². The molecule has 2 aliphatic heterocycles. The summed E-state index contributed by atoms with van der Waals surface area (Å²) in [5.74, 6) is -1.80. The number of rotatable bonds is 2. The van der Waals surface area contributed by atoms with Crippen molar-refractivity contribution >= 4 is 58.0 Å². The Hall–Kier alpha value is -2.08. The molecule has 0 aromatic heterocycles. The van der Waals surface area contributed by atoms with E-state index in [1.165, 1.54) is 12.1 Å². The summed E-state index contributed by atoms with van der Waals surface area (Å²) in [6.45, 7) is 0. The molecule has 25 heavy (non-hydrogen) atoms. The number of nitrogens with zero attached hydrogens (tertiary/aromatic N) is 2. The fourth-order valence-electron chi connectivity index (χ4n) is 2.93. The van der Waals surface area contributed by atoms with Crippen LogP contribution in [0.25, 0.3) is 0 Å². The minimum Gasteiger partial charge on any atom is -0.381 e. The van der Waals surface area contributed by atoms with Gasteiger partial charge in [-0.3, -0.25) is 9.59 Å². The summed E-state index contributed by atoms with van der Waals surface area (Å²) in [6.07, 6.45) is -1.01. The minimum atomic E-state index is -1.01. The Balaban J connectivity index is 1.73. The third kappa shape index (κ3) is 2.59. The molecule has 2 heterocycles. The fourth-order valence-corrected chi connectivity index (χ4v) is 3.43. The summed E-state index contributed by atoms with van der Waals surface area (Å²) in [7, 11) is 0. The molecule has 1 saturated heterocycles. The van der Waals surface area contributed by atoms with Crippen molar-refractivity contribution in [2.24, 2.45) is 11.1 Å². The zero-order chi connectivity index (χ0) is 17.7. The number of fused-ring (bicyclic) bond motifs is 1. The Labute approximate surface area is 157 Å². The van der Waals surface area contributed by atoms with Crippen LogP contribution in [-0.4, -0.2) is 23.6 Å². The lowest BCUT2D eigenvalue weighted by atomic mass is 9.94. The monoisotopic (exact) mass is 394 g/mol. The summed E-state index contributed by atoms with van der Waals surface area (Å²) in [5.41, 5.74) is 1.29. The van der Waals surface area contributed by atoms with Crippen LogP contribution in [0.2, 0.25) is 15.1 Å². The molecule has 0 radical (unpaired) electrons. The summed E-state index contributed by atoms with van der Waals surface area (Å²) < 4.78 is 0. The molecule has 8 heteroatoms. The number of amides is 2. The smallest absolute Gasteiger partial charge is 0.279 e. The Morgan fingerprint density at radius 1 is 0.920 bits per heavy atom. The fraction of sp³-hybridized carbons (Fsp3) is 0.118. The van der Waals surface area contributed by atoms with Crippen molar-refractivity contribution in [3.05, 3.63) is 63.1 Å². The largest absolute Gasteiger partial charge is 0.381 e. The van der Waals surface area contributed by atoms with Gasteiger partial charge in [-0.15, -0.1) is 0 Å². The molecule has 2 aromatic rings. The molecule has 0 unspecified atom stereocenters. The maximum Gasteiger partial charge on any atom is 0.279 e. The molecule has 0 bridgehead atoms. The van der Waals surface area contributed by atoms with Gasteiger partial charge in [0.1, 0.15) is 11.6 Å². The van der Waals surface area contributed by atoms with Crippen LogP contribution in [0.4, 0.5) is 5.69 Å². The van der Waals surface area contributed by atoms with Gasteiger partial charge < -0.3 is 4.84 Å². The van der Waals surface area contributed by atoms with Crippen LogP contribution in [0.3, 0.4) is 0 Å². The van der Waals surface area contributed by atoms with E-state index in [1.54, 1.807) is 30.3 Å². The number of carbonyl (C=O) groups is 2. The van der Waals surface area contributed by atoms with Crippen molar-refractivity contribution in [3.63, 3.8) is 0 Å². The average molecular weight is 396 g/mol. The summed E-state index contributed by atoms with van der Waals surface area (Å²) >= 11 is 18.0. The van der Waals surface area contributed by atoms with Crippen LogP contribution >= 0.6 is 34.8 Å². The lowest BCUT2D eigenvalue weighted by Gasteiger charge is -2.17. The van der Waals surface area contributed by atoms with Crippen LogP contribution in [-0.2, 0) is 14.4 Å². The lowest BCUT2D eigenvalue weighted by Crippen LogP contribution is -2.33. The highest BCUT2D eigenvalue weighted by Gasteiger charge is 2.56. The van der Waals surface area contributed by atoms with Crippen molar-refractivity contribution in [1.82, 2.24) is 0 Å². The molecule has 2 amide bonds. The summed E-state index contributed by atoms with van der Waals surface area (Å²) in [4.78, 5) is 31.9. The van der Waals surface area contributed by atoms with Crippen LogP contribution in [0.15, 0.2) is 47.6 Å². The molecule has 1 fully saturated rings. The lowest BCUT2D eigenvalue weighted by molar-refractivity contribution is -0.126. The molecule has 0 spiro atoms. The molecule has 2 atom stereocenters. The number of carbonyl (C=O) groups excluding carboxylic acids is 2. The number of benzene rings is 2. The van der Waals surface area contributed by atoms with Gasteiger partial charge in [-0.1, -0.05) is 52.1 Å². The number of hydrogen-bond acceptors (Lipinski definition) is 4. The van der Waals surface area contributed by atoms with Crippen molar-refractivity contribution < 1.29 is 14.4 Å². The Kier molecular flexibility index (Phi) is 3.95. The molecule has 2 aliphatic rings. The topological polar surface area (TPSA) is 59.0 Å². The molecular formula is C17H9Cl3N2O3. The number of anilines is 1. The molecule has 5 nitrogen and oxygen atoms in total. The highest BCUT2D eigenvalue weighted by molar-refractivity contribution is 6.39. The molecule has 4 rings (SSSR count). The second-order valence-corrected chi connectivity index (χ2v) is 6.87. The van der Waals surface area contributed by atoms with Gasteiger partial charge in [-0.25, -0.2) is 4.90 Å². The van der Waals surface area contributed by atoms with E-state index < -0.39 is 23.8 Å². The first kappa shape index (κ1) is 16.4. The maximum atomic E-state index is 12.9. The molecule has 126 valence electrons. The number of hydrogen-bond donors (Lipinski definition) is 0. The number of imide groups is 1. The van der Waals surface area contributed by atoms with Crippen molar-refractivity contribution in [3.8, 4) is 0 Å². The van der Waals surface area contributed by atoms with Gasteiger partial charge in [0.15, 0.2) is 0 Å². The highest BCUT2D eigenvalue weighted by Crippen LogP contribution is 2.38. The minimum absolute atomic E-state index is 0.234. The third-order valence-electron chi connectivity index (χ3n) is 4.10. The number of halogens is 3. The molecule has 2 aromatic carbocycles. The van der Waals surface area contributed by atoms with Crippen LogP contribution in [0, 0.1) is 5.92 Å². The van der Waals surface area contributed by atoms with Gasteiger partial charge in [0, 0.05) is 15.6 Å². The second-order valence-electron chi connectivity index (χ2n) is 5.59. The second kappa shape index (κ2) is 6.02. The highest BCUT2D eigenvalue weighted by atomic mass is 35.5. The molecule has 0 aliphatic carbocycles. The standard InChI is InChI=1S/C17H9Cl3N2O3/c18-9-3-1-8(2-4-9)14-13-15(25-21-14)17(24)22(16(13)23)12-7-10(19)5-6-11(12)20/h1-7,13,15H/t13-,15+/m1/s1. The molecular weight excluding hydrogens is 387 g/mol. The summed E-state index contributed by atoms with van der Waals surface area (Å²) in [5, 5.41) is 5.10. The maximum absolute atomic E-state index is 12.9. The predicted molar refractivity (Wildman–Crippen MR) is 95.3 cm³/mol. The SMILES string of the molecule is O=C1[C@@H]2C(c3ccc(Cl)cc3)=NO[C@@H]2C(=O)N1c1cc(Cl)ccc1Cl. The average Bonchev–Trinajstić information content (AvgIpc) is 3.12. The van der Waals surface area contributed by atoms with Crippen LogP contribution in [0.5, 0.6) is 0 Å². The van der Waals surface area contributed by atoms with Gasteiger partial charge in [0.05, 0.1) is 10.7 Å². The number of oxime groups is 1. The first-order valence-corrected chi connectivity index (χ1v) is 8.43. The quantitative estimate of drug-likeness (QED) is 0.724. The molecule has 0 saturated carbocycles. The van der Waals surface area contributed by atoms with E-state index in [2.05, 4.69) is 5.16 Å². The van der Waals surface area contributed by atoms with Crippen molar-refractivity contribution in [1.29, 1.82) is 0 Å². The third-order valence-corrected chi connectivity index (χ3v) is 4.91. The van der Waals surface area contributed by atoms with Crippen molar-refractivity contribution in [2.75, 3.05) is 4.90 Å². The zero-order valence-electron chi connectivity index (χ0n) is 12.4. The zero-order valence-corrected chi connectivity index (χ0v) is 14.7. The Bertz CT molecular complexity index is 927. The van der Waals surface area contributed by atoms with Gasteiger partial charge in [-0.2, -0.15) is 0 Å². The van der Waals surface area contributed by atoms with E-state index in [9.17, 15) is 9.59 Å². The van der Waals surface area contributed by atoms with Gasteiger partial charge in [0.25, 0.3) is 5.91 Å². The van der Waals surface area contributed by atoms with Crippen LogP contribution < -0.4 is 4.90 Å². The Morgan fingerprint density at radius 3 is 2.32 bits per heavy atom. The molecule has 0 N–H and O–H groups in total. The van der Waals surface area contributed by atoms with E-state index in [-0.39, 0.29) is 10.7 Å². The van der Waals surface area contributed by atoms with Gasteiger partial charge >= 0.3 is 0 Å². The van der Waals surface area contributed by atoms with Crippen LogP contribution in [0.1, 0.15) is 5.56 Å². The Morgan fingerprint density at radius 2 is 1.60 bits per heavy atom. The van der Waals surface area contributed by atoms with E-state index in [0.717, 1.165) is 4.90 Å². The van der Waals surface area contributed by atoms with Crippen molar-refractivity contribution in [2.45, 2.75) is 6.10 Å². The first-order valence-electron chi connectivity index (χ1n) is 7.30.